The number of carbonyl (C=O) groups excluding carboxylic acids is 1. The van der Waals surface area contributed by atoms with Crippen LogP contribution in [0.5, 0.6) is 0 Å². The van der Waals surface area contributed by atoms with E-state index in [-0.39, 0.29) is 17.5 Å². The largest absolute Gasteiger partial charge is 0.336 e. The van der Waals surface area contributed by atoms with Crippen LogP contribution >= 0.6 is 0 Å². The number of carbonyl (C=O) groups is 1. The molecule has 1 aromatic heterocycles. The smallest absolute Gasteiger partial charge is 0.257 e. The first kappa shape index (κ1) is 15.9. The maximum absolute atomic E-state index is 13.8. The first-order valence-electron chi connectivity index (χ1n) is 7.84. The first-order chi connectivity index (χ1) is 10.2. The number of pyridine rings is 1. The fraction of sp³-hybridized carbons (Fsp3) is 0.625. The Morgan fingerprint density at radius 3 is 2.67 bits per heavy atom. The number of nitrogens with two attached hydrogens (primary N) is 1. The van der Waals surface area contributed by atoms with Gasteiger partial charge in [0.2, 0.25) is 0 Å². The molecule has 1 fully saturated rings. The number of amides is 1. The molecular weight excluding hydrogens is 269 g/mol. The van der Waals surface area contributed by atoms with Crippen molar-refractivity contribution in [3.63, 3.8) is 0 Å². The van der Waals surface area contributed by atoms with E-state index in [2.05, 4.69) is 4.98 Å². The van der Waals surface area contributed by atoms with Gasteiger partial charge in [-0.2, -0.15) is 0 Å². The number of aromatic nitrogens is 1. The summed E-state index contributed by atoms with van der Waals surface area (Å²) in [6.45, 7) is 1.14. The van der Waals surface area contributed by atoms with Crippen molar-refractivity contribution in [2.24, 2.45) is 5.73 Å². The lowest BCUT2D eigenvalue weighted by molar-refractivity contribution is 0.0654. The Morgan fingerprint density at radius 1 is 1.33 bits per heavy atom. The van der Waals surface area contributed by atoms with Crippen LogP contribution in [0.3, 0.4) is 0 Å². The van der Waals surface area contributed by atoms with Crippen molar-refractivity contribution < 1.29 is 9.18 Å². The third kappa shape index (κ3) is 4.24. The lowest BCUT2D eigenvalue weighted by Crippen LogP contribution is -2.41. The zero-order chi connectivity index (χ0) is 15.1. The second-order valence-corrected chi connectivity index (χ2v) is 5.64. The van der Waals surface area contributed by atoms with Crippen molar-refractivity contribution in [1.82, 2.24) is 9.88 Å². The quantitative estimate of drug-likeness (QED) is 0.849. The standard InChI is InChI=1S/C16H24FN3O/c17-15-12-19-10-8-14(15)16(21)20(11-5-9-18)13-6-3-1-2-4-7-13/h8,10,12-13H,1-7,9,11,18H2. The van der Waals surface area contributed by atoms with E-state index in [1.807, 2.05) is 4.90 Å². The Kier molecular flexibility index (Phi) is 6.11. The van der Waals surface area contributed by atoms with Gasteiger partial charge in [-0.05, 0) is 31.9 Å². The third-order valence-corrected chi connectivity index (χ3v) is 4.13. The highest BCUT2D eigenvalue weighted by Gasteiger charge is 2.26. The second kappa shape index (κ2) is 8.08. The van der Waals surface area contributed by atoms with Crippen LogP contribution in [-0.2, 0) is 0 Å². The third-order valence-electron chi connectivity index (χ3n) is 4.13. The van der Waals surface area contributed by atoms with E-state index in [0.29, 0.717) is 13.1 Å². The monoisotopic (exact) mass is 293 g/mol. The minimum atomic E-state index is -0.547. The molecule has 0 aliphatic heterocycles. The van der Waals surface area contributed by atoms with Crippen LogP contribution in [0.15, 0.2) is 18.5 Å². The molecule has 0 bridgehead atoms. The van der Waals surface area contributed by atoms with E-state index in [1.165, 1.54) is 25.1 Å². The van der Waals surface area contributed by atoms with Gasteiger partial charge in [0.15, 0.2) is 5.82 Å². The summed E-state index contributed by atoms with van der Waals surface area (Å²) in [4.78, 5) is 18.2. The Hall–Kier alpha value is -1.49. The van der Waals surface area contributed by atoms with Crippen LogP contribution in [0.1, 0.15) is 55.3 Å². The van der Waals surface area contributed by atoms with Crippen LogP contribution in [0.25, 0.3) is 0 Å². The van der Waals surface area contributed by atoms with Gasteiger partial charge in [0, 0.05) is 18.8 Å². The van der Waals surface area contributed by atoms with E-state index >= 15 is 0 Å². The van der Waals surface area contributed by atoms with E-state index < -0.39 is 5.82 Å². The highest BCUT2D eigenvalue weighted by Crippen LogP contribution is 2.24. The van der Waals surface area contributed by atoms with Crippen molar-refractivity contribution in [2.75, 3.05) is 13.1 Å². The number of nitrogens with zero attached hydrogens (tertiary/aromatic N) is 2. The zero-order valence-corrected chi connectivity index (χ0v) is 12.4. The molecule has 2 rings (SSSR count). The molecule has 0 atom stereocenters. The SMILES string of the molecule is NCCCN(C(=O)c1ccncc1F)C1CCCCCC1. The molecule has 1 heterocycles. The highest BCUT2D eigenvalue weighted by molar-refractivity contribution is 5.94. The summed E-state index contributed by atoms with van der Waals surface area (Å²) in [6.07, 6.45) is 10.0. The number of halogens is 1. The molecule has 2 N–H and O–H groups in total. The molecule has 1 amide bonds. The number of hydrogen-bond acceptors (Lipinski definition) is 3. The predicted octanol–water partition coefficient (Wildman–Crippen LogP) is 2.73. The summed E-state index contributed by atoms with van der Waals surface area (Å²) in [6, 6.07) is 1.67. The summed E-state index contributed by atoms with van der Waals surface area (Å²) in [5, 5.41) is 0. The lowest BCUT2D eigenvalue weighted by Gasteiger charge is -2.31. The molecule has 1 aromatic rings. The number of rotatable bonds is 5. The summed E-state index contributed by atoms with van der Waals surface area (Å²) in [5.74, 6) is -0.774. The van der Waals surface area contributed by atoms with Crippen molar-refractivity contribution in [3.05, 3.63) is 29.8 Å². The van der Waals surface area contributed by atoms with Crippen LogP contribution in [-0.4, -0.2) is 34.9 Å². The summed E-state index contributed by atoms with van der Waals surface area (Å²) in [7, 11) is 0. The summed E-state index contributed by atoms with van der Waals surface area (Å²) < 4.78 is 13.8. The molecule has 1 saturated carbocycles. The minimum absolute atomic E-state index is 0.117. The number of hydrogen-bond donors (Lipinski definition) is 1. The van der Waals surface area contributed by atoms with Crippen molar-refractivity contribution >= 4 is 5.91 Å². The Morgan fingerprint density at radius 2 is 2.05 bits per heavy atom. The Labute approximate surface area is 125 Å². The van der Waals surface area contributed by atoms with E-state index in [9.17, 15) is 9.18 Å². The zero-order valence-electron chi connectivity index (χ0n) is 12.4. The molecule has 1 aliphatic carbocycles. The summed E-state index contributed by atoms with van der Waals surface area (Å²) in [5.41, 5.74) is 5.70. The molecule has 4 nitrogen and oxygen atoms in total. The van der Waals surface area contributed by atoms with Gasteiger partial charge in [-0.15, -0.1) is 0 Å². The van der Waals surface area contributed by atoms with Crippen LogP contribution in [0, 0.1) is 5.82 Å². The van der Waals surface area contributed by atoms with Crippen LogP contribution in [0.4, 0.5) is 4.39 Å². The van der Waals surface area contributed by atoms with Gasteiger partial charge in [0.1, 0.15) is 0 Å². The van der Waals surface area contributed by atoms with E-state index in [4.69, 9.17) is 5.73 Å². The maximum Gasteiger partial charge on any atom is 0.257 e. The fourth-order valence-corrected chi connectivity index (χ4v) is 2.98. The highest BCUT2D eigenvalue weighted by atomic mass is 19.1. The van der Waals surface area contributed by atoms with E-state index in [1.54, 1.807) is 0 Å². The molecule has 0 unspecified atom stereocenters. The van der Waals surface area contributed by atoms with Crippen molar-refractivity contribution in [1.29, 1.82) is 0 Å². The second-order valence-electron chi connectivity index (χ2n) is 5.64. The van der Waals surface area contributed by atoms with Gasteiger partial charge in [0.25, 0.3) is 5.91 Å². The molecular formula is C16H24FN3O. The van der Waals surface area contributed by atoms with Gasteiger partial charge < -0.3 is 10.6 Å². The first-order valence-corrected chi connectivity index (χ1v) is 7.84. The molecule has 0 saturated heterocycles. The van der Waals surface area contributed by atoms with Crippen LogP contribution in [0.2, 0.25) is 0 Å². The van der Waals surface area contributed by atoms with E-state index in [0.717, 1.165) is 38.3 Å². The van der Waals surface area contributed by atoms with Crippen molar-refractivity contribution in [3.8, 4) is 0 Å². The lowest BCUT2D eigenvalue weighted by atomic mass is 10.0. The fourth-order valence-electron chi connectivity index (χ4n) is 2.98. The summed E-state index contributed by atoms with van der Waals surface area (Å²) >= 11 is 0. The molecule has 5 heteroatoms. The predicted molar refractivity (Wildman–Crippen MR) is 80.4 cm³/mol. The average Bonchev–Trinajstić information content (AvgIpc) is 2.77. The topological polar surface area (TPSA) is 59.2 Å². The molecule has 0 spiro atoms. The minimum Gasteiger partial charge on any atom is -0.336 e. The molecule has 0 radical (unpaired) electrons. The van der Waals surface area contributed by atoms with Gasteiger partial charge >= 0.3 is 0 Å². The van der Waals surface area contributed by atoms with Crippen LogP contribution < -0.4 is 5.73 Å². The molecule has 0 aromatic carbocycles. The Balaban J connectivity index is 2.17. The van der Waals surface area contributed by atoms with Gasteiger partial charge in [0.05, 0.1) is 11.8 Å². The van der Waals surface area contributed by atoms with Crippen molar-refractivity contribution in [2.45, 2.75) is 51.0 Å². The maximum atomic E-state index is 13.8. The Bertz CT molecular complexity index is 459. The van der Waals surface area contributed by atoms with Gasteiger partial charge in [-0.1, -0.05) is 25.7 Å². The molecule has 1 aliphatic rings. The van der Waals surface area contributed by atoms with Gasteiger partial charge in [-0.25, -0.2) is 4.39 Å². The molecule has 116 valence electrons. The van der Waals surface area contributed by atoms with Gasteiger partial charge in [-0.3, -0.25) is 9.78 Å². The molecule has 21 heavy (non-hydrogen) atoms. The average molecular weight is 293 g/mol. The normalized spacial score (nSPS) is 16.5.